The first-order chi connectivity index (χ1) is 14.8. The van der Waals surface area contributed by atoms with E-state index in [-0.39, 0.29) is 36.4 Å². The number of nitrogens with zero attached hydrogens (tertiary/aromatic N) is 1. The molecule has 0 saturated heterocycles. The van der Waals surface area contributed by atoms with Crippen molar-refractivity contribution < 1.29 is 31.8 Å². The summed E-state index contributed by atoms with van der Waals surface area (Å²) >= 11 is 0. The van der Waals surface area contributed by atoms with Gasteiger partial charge < -0.3 is 14.3 Å². The first-order valence-electron chi connectivity index (χ1n) is 9.71. The Hall–Kier alpha value is -2.91. The van der Waals surface area contributed by atoms with Crippen LogP contribution >= 0.6 is 0 Å². The van der Waals surface area contributed by atoms with Gasteiger partial charge >= 0.3 is 6.18 Å². The van der Waals surface area contributed by atoms with Crippen LogP contribution in [-0.2, 0) is 12.7 Å². The lowest BCUT2D eigenvalue weighted by Crippen LogP contribution is -2.33. The van der Waals surface area contributed by atoms with E-state index in [2.05, 4.69) is 0 Å². The summed E-state index contributed by atoms with van der Waals surface area (Å²) in [5.74, 6) is -1.70. The van der Waals surface area contributed by atoms with Gasteiger partial charge in [0.1, 0.15) is 23.9 Å². The molecule has 0 spiro atoms. The molecule has 1 N–H and O–H groups in total. The molecular formula is C22H19F4NO4. The number of fused-ring (bicyclic) bond motifs is 3. The van der Waals surface area contributed by atoms with Gasteiger partial charge in [-0.25, -0.2) is 4.39 Å². The van der Waals surface area contributed by atoms with Crippen LogP contribution in [0.4, 0.5) is 17.6 Å². The Morgan fingerprint density at radius 1 is 1.06 bits per heavy atom. The summed E-state index contributed by atoms with van der Waals surface area (Å²) in [6.07, 6.45) is -3.66. The quantitative estimate of drug-likeness (QED) is 0.469. The smallest absolute Gasteiger partial charge is 0.450 e. The van der Waals surface area contributed by atoms with Crippen molar-refractivity contribution in [1.82, 2.24) is 4.90 Å². The van der Waals surface area contributed by atoms with Crippen molar-refractivity contribution in [3.63, 3.8) is 0 Å². The van der Waals surface area contributed by atoms with Gasteiger partial charge in [-0.3, -0.25) is 9.69 Å². The normalized spacial score (nSPS) is 14.5. The summed E-state index contributed by atoms with van der Waals surface area (Å²) in [6, 6.07) is 7.14. The average Bonchev–Trinajstić information content (AvgIpc) is 2.74. The highest BCUT2D eigenvalue weighted by molar-refractivity contribution is 5.87. The maximum absolute atomic E-state index is 13.9. The van der Waals surface area contributed by atoms with Crippen molar-refractivity contribution in [2.45, 2.75) is 25.6 Å². The van der Waals surface area contributed by atoms with Gasteiger partial charge in [-0.15, -0.1) is 0 Å². The van der Waals surface area contributed by atoms with Gasteiger partial charge in [0.05, 0.1) is 16.5 Å². The van der Waals surface area contributed by atoms with E-state index in [0.29, 0.717) is 30.7 Å². The predicted octanol–water partition coefficient (Wildman–Crippen LogP) is 4.54. The third-order valence-electron chi connectivity index (χ3n) is 5.18. The summed E-state index contributed by atoms with van der Waals surface area (Å²) in [6.45, 7) is 1.10. The Morgan fingerprint density at radius 2 is 1.81 bits per heavy atom. The van der Waals surface area contributed by atoms with E-state index in [0.717, 1.165) is 24.3 Å². The van der Waals surface area contributed by atoms with E-state index in [1.807, 2.05) is 4.90 Å². The van der Waals surface area contributed by atoms with Gasteiger partial charge in [-0.1, -0.05) is 12.1 Å². The molecule has 2 aromatic carbocycles. The number of aliphatic hydroxyl groups excluding tert-OH is 1. The third kappa shape index (κ3) is 4.15. The molecule has 0 saturated carbocycles. The minimum absolute atomic E-state index is 0.00752. The molecule has 1 aliphatic heterocycles. The maximum Gasteiger partial charge on any atom is 0.450 e. The van der Waals surface area contributed by atoms with Crippen molar-refractivity contribution in [2.75, 3.05) is 19.9 Å². The number of aliphatic hydroxyl groups is 1. The number of hydrogen-bond acceptors (Lipinski definition) is 5. The lowest BCUT2D eigenvalue weighted by atomic mass is 9.99. The van der Waals surface area contributed by atoms with Crippen LogP contribution in [0.15, 0.2) is 45.6 Å². The molecule has 1 aliphatic rings. The molecule has 5 nitrogen and oxygen atoms in total. The molecule has 0 radical (unpaired) electrons. The fourth-order valence-electron chi connectivity index (χ4n) is 3.68. The number of rotatable bonds is 5. The number of unbranched alkanes of at least 4 members (excludes halogenated alkanes) is 1. The summed E-state index contributed by atoms with van der Waals surface area (Å²) in [5.41, 5.74) is -1.39. The fourth-order valence-corrected chi connectivity index (χ4v) is 3.68. The highest BCUT2D eigenvalue weighted by Crippen LogP contribution is 2.40. The monoisotopic (exact) mass is 437 g/mol. The van der Waals surface area contributed by atoms with E-state index in [1.54, 1.807) is 6.07 Å². The van der Waals surface area contributed by atoms with Crippen LogP contribution in [0, 0.1) is 5.82 Å². The number of hydrogen-bond donors (Lipinski definition) is 1. The van der Waals surface area contributed by atoms with Crippen LogP contribution in [-0.4, -0.2) is 29.9 Å². The zero-order valence-corrected chi connectivity index (χ0v) is 16.3. The number of halogens is 4. The van der Waals surface area contributed by atoms with Crippen LogP contribution in [0.25, 0.3) is 22.1 Å². The molecule has 0 unspecified atom stereocenters. The van der Waals surface area contributed by atoms with Crippen LogP contribution in [0.3, 0.4) is 0 Å². The number of ether oxygens (including phenoxy) is 1. The molecule has 0 amide bonds. The third-order valence-corrected chi connectivity index (χ3v) is 5.18. The Morgan fingerprint density at radius 3 is 2.48 bits per heavy atom. The second-order valence-corrected chi connectivity index (χ2v) is 7.32. The van der Waals surface area contributed by atoms with Crippen LogP contribution in [0.2, 0.25) is 0 Å². The molecule has 0 aliphatic carbocycles. The van der Waals surface area contributed by atoms with Crippen molar-refractivity contribution in [2.24, 2.45) is 0 Å². The first kappa shape index (κ1) is 21.3. The van der Waals surface area contributed by atoms with E-state index in [4.69, 9.17) is 14.3 Å². The van der Waals surface area contributed by atoms with Crippen molar-refractivity contribution in [3.8, 4) is 16.9 Å². The lowest BCUT2D eigenvalue weighted by molar-refractivity contribution is -0.152. The number of alkyl halides is 3. The molecule has 0 bridgehead atoms. The van der Waals surface area contributed by atoms with Gasteiger partial charge in [0.15, 0.2) is 0 Å². The largest absolute Gasteiger partial charge is 0.478 e. The molecule has 2 heterocycles. The summed E-state index contributed by atoms with van der Waals surface area (Å²) in [7, 11) is 0. The van der Waals surface area contributed by atoms with Gasteiger partial charge in [0.2, 0.25) is 11.2 Å². The summed E-state index contributed by atoms with van der Waals surface area (Å²) in [4.78, 5) is 15.0. The second kappa shape index (κ2) is 8.32. The van der Waals surface area contributed by atoms with Crippen LogP contribution in [0.1, 0.15) is 24.2 Å². The number of benzene rings is 2. The Bertz CT molecular complexity index is 1160. The Balaban J connectivity index is 1.88. The Labute approximate surface area is 174 Å². The molecule has 0 atom stereocenters. The van der Waals surface area contributed by atoms with Gasteiger partial charge in [-0.2, -0.15) is 13.2 Å². The predicted molar refractivity (Wildman–Crippen MR) is 105 cm³/mol. The summed E-state index contributed by atoms with van der Waals surface area (Å²) in [5, 5.41) is 8.93. The van der Waals surface area contributed by atoms with Gasteiger partial charge in [0.25, 0.3) is 0 Å². The zero-order valence-electron chi connectivity index (χ0n) is 16.3. The molecule has 31 heavy (non-hydrogen) atoms. The topological polar surface area (TPSA) is 62.9 Å². The van der Waals surface area contributed by atoms with Gasteiger partial charge in [0, 0.05) is 19.7 Å². The molecule has 4 rings (SSSR count). The minimum atomic E-state index is -4.93. The molecular weight excluding hydrogens is 418 g/mol. The molecule has 9 heteroatoms. The average molecular weight is 437 g/mol. The Kier molecular flexibility index (Phi) is 5.72. The van der Waals surface area contributed by atoms with Crippen LogP contribution < -0.4 is 10.2 Å². The van der Waals surface area contributed by atoms with Crippen molar-refractivity contribution in [3.05, 3.63) is 63.8 Å². The highest BCUT2D eigenvalue weighted by Gasteiger charge is 2.40. The SMILES string of the molecule is O=c1c(-c2ccc(F)cc2)c(C(F)(F)F)oc2c3c(ccc12)OCN(CCCCO)C3. The van der Waals surface area contributed by atoms with E-state index in [9.17, 15) is 22.4 Å². The van der Waals surface area contributed by atoms with Crippen LogP contribution in [0.5, 0.6) is 5.75 Å². The van der Waals surface area contributed by atoms with E-state index < -0.39 is 28.7 Å². The zero-order chi connectivity index (χ0) is 22.2. The highest BCUT2D eigenvalue weighted by atomic mass is 19.4. The lowest BCUT2D eigenvalue weighted by Gasteiger charge is -2.29. The standard InChI is InChI=1S/C22H19F4NO4/c23-14-5-3-13(4-6-14)18-19(29)15-7-8-17-16(20(15)31-21(18)22(24,25)26)11-27(12-30-17)9-1-2-10-28/h3-8,28H,1-2,9-12H2. The summed E-state index contributed by atoms with van der Waals surface area (Å²) < 4.78 is 65.8. The van der Waals surface area contributed by atoms with Gasteiger partial charge in [-0.05, 0) is 42.7 Å². The second-order valence-electron chi connectivity index (χ2n) is 7.32. The van der Waals surface area contributed by atoms with Crippen molar-refractivity contribution in [1.29, 1.82) is 0 Å². The minimum Gasteiger partial charge on any atom is -0.478 e. The molecule has 164 valence electrons. The van der Waals surface area contributed by atoms with Crippen molar-refractivity contribution >= 4 is 11.0 Å². The first-order valence-corrected chi connectivity index (χ1v) is 9.71. The maximum atomic E-state index is 13.9. The van der Waals surface area contributed by atoms with E-state index in [1.165, 1.54) is 6.07 Å². The molecule has 1 aromatic heterocycles. The molecule has 3 aromatic rings. The van der Waals surface area contributed by atoms with E-state index >= 15 is 0 Å². The molecule has 0 fully saturated rings. The fraction of sp³-hybridized carbons (Fsp3) is 0.318.